The van der Waals surface area contributed by atoms with Gasteiger partial charge in [0.2, 0.25) is 5.91 Å². The first-order valence-electron chi connectivity index (χ1n) is 10.4. The molecule has 5 rings (SSSR count). The number of amides is 1. The molecule has 0 aromatic carbocycles. The lowest BCUT2D eigenvalue weighted by Gasteiger charge is -2.59. The van der Waals surface area contributed by atoms with E-state index in [9.17, 15) is 14.9 Å². The van der Waals surface area contributed by atoms with E-state index in [1.807, 2.05) is 6.92 Å². The molecule has 0 radical (unpaired) electrons. The highest BCUT2D eigenvalue weighted by Crippen LogP contribution is 2.61. The Morgan fingerprint density at radius 1 is 1.26 bits per heavy atom. The summed E-state index contributed by atoms with van der Waals surface area (Å²) in [7, 11) is 0. The van der Waals surface area contributed by atoms with Gasteiger partial charge in [-0.05, 0) is 74.5 Å². The first-order chi connectivity index (χ1) is 12.9. The van der Waals surface area contributed by atoms with Gasteiger partial charge in [0.05, 0.1) is 4.92 Å². The highest BCUT2D eigenvalue weighted by atomic mass is 16.6. The Bertz CT molecular complexity index is 693. The van der Waals surface area contributed by atoms with Crippen LogP contribution >= 0.6 is 0 Å². The number of nitrogens with zero attached hydrogens (tertiary/aromatic N) is 3. The fourth-order valence-electron chi connectivity index (χ4n) is 6.65. The molecule has 4 fully saturated rings. The first-order valence-corrected chi connectivity index (χ1v) is 10.4. The summed E-state index contributed by atoms with van der Waals surface area (Å²) in [5.74, 6) is 2.48. The summed E-state index contributed by atoms with van der Waals surface area (Å²) < 4.78 is 1.44. The Kier molecular flexibility index (Phi) is 4.72. The average molecular weight is 374 g/mol. The predicted octanol–water partition coefficient (Wildman–Crippen LogP) is 3.85. The molecule has 4 aliphatic rings. The van der Waals surface area contributed by atoms with E-state index in [2.05, 4.69) is 17.3 Å². The molecule has 27 heavy (non-hydrogen) atoms. The van der Waals surface area contributed by atoms with Gasteiger partial charge in [0.25, 0.3) is 0 Å². The fraction of sp³-hybridized carbons (Fsp3) is 0.800. The van der Waals surface area contributed by atoms with Gasteiger partial charge >= 0.3 is 5.69 Å². The topological polar surface area (TPSA) is 90.1 Å². The van der Waals surface area contributed by atoms with Crippen molar-refractivity contribution in [2.45, 2.75) is 77.3 Å². The largest absolute Gasteiger partial charge is 0.351 e. The van der Waals surface area contributed by atoms with E-state index < -0.39 is 11.0 Å². The van der Waals surface area contributed by atoms with Crippen molar-refractivity contribution in [3.63, 3.8) is 0 Å². The summed E-state index contributed by atoms with van der Waals surface area (Å²) >= 11 is 0. The van der Waals surface area contributed by atoms with Gasteiger partial charge in [-0.1, -0.05) is 13.8 Å². The molecule has 0 aliphatic heterocycles. The van der Waals surface area contributed by atoms with Crippen LogP contribution in [0.2, 0.25) is 0 Å². The molecule has 1 amide bonds. The van der Waals surface area contributed by atoms with Crippen molar-refractivity contribution in [2.75, 3.05) is 0 Å². The summed E-state index contributed by atoms with van der Waals surface area (Å²) in [5, 5.41) is 18.3. The highest BCUT2D eigenvalue weighted by Gasteiger charge is 2.54. The predicted molar refractivity (Wildman–Crippen MR) is 101 cm³/mol. The minimum Gasteiger partial charge on any atom is -0.351 e. The van der Waals surface area contributed by atoms with Crippen LogP contribution in [0.3, 0.4) is 0 Å². The van der Waals surface area contributed by atoms with Gasteiger partial charge in [0, 0.05) is 6.04 Å². The number of carbonyl (C=O) groups is 1. The third-order valence-electron chi connectivity index (χ3n) is 7.36. The van der Waals surface area contributed by atoms with Crippen LogP contribution in [0.1, 0.15) is 71.3 Å². The molecule has 4 aliphatic carbocycles. The van der Waals surface area contributed by atoms with Gasteiger partial charge in [-0.15, -0.1) is 0 Å². The molecule has 1 aromatic heterocycles. The van der Waals surface area contributed by atoms with Crippen LogP contribution in [0.25, 0.3) is 0 Å². The van der Waals surface area contributed by atoms with Gasteiger partial charge in [-0.2, -0.15) is 5.10 Å². The smallest absolute Gasteiger partial charge is 0.307 e. The molecule has 1 N–H and O–H groups in total. The zero-order valence-corrected chi connectivity index (χ0v) is 16.3. The zero-order valence-electron chi connectivity index (χ0n) is 16.3. The van der Waals surface area contributed by atoms with Crippen molar-refractivity contribution >= 4 is 11.6 Å². The van der Waals surface area contributed by atoms with Crippen molar-refractivity contribution in [3.05, 3.63) is 22.5 Å². The van der Waals surface area contributed by atoms with Crippen molar-refractivity contribution in [1.29, 1.82) is 0 Å². The summed E-state index contributed by atoms with van der Waals surface area (Å²) in [6, 6.07) is -0.306. The molecule has 0 saturated heterocycles. The highest BCUT2D eigenvalue weighted by molar-refractivity contribution is 5.80. The Morgan fingerprint density at radius 3 is 2.30 bits per heavy atom. The summed E-state index contributed by atoms with van der Waals surface area (Å²) in [6.45, 7) is 4.09. The quantitative estimate of drug-likeness (QED) is 0.580. The summed E-state index contributed by atoms with van der Waals surface area (Å²) in [6.07, 6.45) is 12.0. The van der Waals surface area contributed by atoms with Crippen LogP contribution in [-0.4, -0.2) is 26.7 Å². The number of carbonyl (C=O) groups excluding carboxylic acids is 1. The standard InChI is InChI=1S/C20H30N4O3/c1-3-17(23-12-16(11-21-23)24(26)27)19(25)22-18(4-2)20-8-13-5-14(9-20)7-15(6-13)10-20/h11-15,17-18H,3-10H2,1-2H3,(H,22,25). The van der Waals surface area contributed by atoms with Gasteiger partial charge < -0.3 is 5.32 Å². The molecule has 7 nitrogen and oxygen atoms in total. The number of hydrogen-bond donors (Lipinski definition) is 1. The van der Waals surface area contributed by atoms with Gasteiger partial charge in [-0.3, -0.25) is 19.6 Å². The van der Waals surface area contributed by atoms with E-state index in [4.69, 9.17) is 0 Å². The maximum Gasteiger partial charge on any atom is 0.307 e. The van der Waals surface area contributed by atoms with Crippen LogP contribution < -0.4 is 5.32 Å². The number of rotatable bonds is 7. The molecule has 4 saturated carbocycles. The van der Waals surface area contributed by atoms with E-state index >= 15 is 0 Å². The first kappa shape index (κ1) is 18.4. The Labute approximate surface area is 160 Å². The maximum atomic E-state index is 13.1. The zero-order chi connectivity index (χ0) is 19.2. The van der Waals surface area contributed by atoms with Crippen LogP contribution in [0.15, 0.2) is 12.4 Å². The number of nitrogens with one attached hydrogen (secondary N) is 1. The van der Waals surface area contributed by atoms with Crippen LogP contribution in [0.4, 0.5) is 5.69 Å². The number of aromatic nitrogens is 2. The molecule has 2 unspecified atom stereocenters. The van der Waals surface area contributed by atoms with Crippen molar-refractivity contribution in [3.8, 4) is 0 Å². The second-order valence-electron chi connectivity index (χ2n) is 9.11. The third-order valence-corrected chi connectivity index (χ3v) is 7.36. The monoisotopic (exact) mass is 374 g/mol. The summed E-state index contributed by atoms with van der Waals surface area (Å²) in [5.41, 5.74) is 0.183. The third kappa shape index (κ3) is 3.25. The minimum atomic E-state index is -0.498. The van der Waals surface area contributed by atoms with Gasteiger partial charge in [-0.25, -0.2) is 0 Å². The van der Waals surface area contributed by atoms with Crippen molar-refractivity contribution in [1.82, 2.24) is 15.1 Å². The molecule has 1 aromatic rings. The van der Waals surface area contributed by atoms with E-state index in [1.165, 1.54) is 55.6 Å². The van der Waals surface area contributed by atoms with E-state index in [-0.39, 0.29) is 23.1 Å². The second-order valence-corrected chi connectivity index (χ2v) is 9.11. The SMILES string of the molecule is CCC(C(=O)NC(CC)C12CC3CC(CC(C3)C1)C2)n1cc([N+](=O)[O-])cn1. The van der Waals surface area contributed by atoms with Crippen LogP contribution in [-0.2, 0) is 4.79 Å². The second kappa shape index (κ2) is 6.91. The van der Waals surface area contributed by atoms with Crippen LogP contribution in [0.5, 0.6) is 0 Å². The van der Waals surface area contributed by atoms with Crippen molar-refractivity contribution in [2.24, 2.45) is 23.2 Å². The fourth-order valence-corrected chi connectivity index (χ4v) is 6.65. The Morgan fingerprint density at radius 2 is 1.85 bits per heavy atom. The molecule has 4 bridgehead atoms. The minimum absolute atomic E-state index is 0.0573. The number of nitro groups is 1. The summed E-state index contributed by atoms with van der Waals surface area (Å²) in [4.78, 5) is 23.5. The molecule has 0 spiro atoms. The lowest BCUT2D eigenvalue weighted by Crippen LogP contribution is -2.57. The van der Waals surface area contributed by atoms with Crippen molar-refractivity contribution < 1.29 is 9.72 Å². The average Bonchev–Trinajstić information content (AvgIpc) is 3.09. The molecular formula is C20H30N4O3. The Balaban J connectivity index is 1.50. The van der Waals surface area contributed by atoms with Gasteiger partial charge in [0.1, 0.15) is 18.4 Å². The normalized spacial score (nSPS) is 33.6. The number of hydrogen-bond acceptors (Lipinski definition) is 4. The molecule has 2 atom stereocenters. The van der Waals surface area contributed by atoms with E-state index in [0.29, 0.717) is 6.42 Å². The molecule has 148 valence electrons. The lowest BCUT2D eigenvalue weighted by atomic mass is 9.47. The van der Waals surface area contributed by atoms with Crippen LogP contribution in [0, 0.1) is 33.3 Å². The molecule has 1 heterocycles. The van der Waals surface area contributed by atoms with E-state index in [1.54, 1.807) is 0 Å². The van der Waals surface area contributed by atoms with Gasteiger partial charge in [0.15, 0.2) is 0 Å². The molecule has 7 heteroatoms. The Hall–Kier alpha value is -1.92. The lowest BCUT2D eigenvalue weighted by molar-refractivity contribution is -0.385. The molecular weight excluding hydrogens is 344 g/mol. The maximum absolute atomic E-state index is 13.1. The van der Waals surface area contributed by atoms with E-state index in [0.717, 1.165) is 24.2 Å².